The first kappa shape index (κ1) is 19.1. The van der Waals surface area contributed by atoms with Gasteiger partial charge in [0.25, 0.3) is 0 Å². The summed E-state index contributed by atoms with van der Waals surface area (Å²) in [6.07, 6.45) is 0. The topological polar surface area (TPSA) is 54.9 Å². The van der Waals surface area contributed by atoms with Gasteiger partial charge in [0.2, 0.25) is 0 Å². The number of rotatable bonds is 8. The highest BCUT2D eigenvalue weighted by molar-refractivity contribution is 6.31. The van der Waals surface area contributed by atoms with Crippen LogP contribution in [-0.4, -0.2) is 33.3 Å². The van der Waals surface area contributed by atoms with Crippen molar-refractivity contribution in [3.63, 3.8) is 0 Å². The van der Waals surface area contributed by atoms with Crippen LogP contribution in [0.15, 0.2) is 53.5 Å². The average molecular weight is 362 g/mol. The first-order valence-electron chi connectivity index (χ1n) is 8.11. The van der Waals surface area contributed by atoms with Gasteiger partial charge in [-0.15, -0.1) is 0 Å². The molecule has 0 radical (unpaired) electrons. The van der Waals surface area contributed by atoms with E-state index in [-0.39, 0.29) is 0 Å². The molecule has 0 atom stereocenters. The summed E-state index contributed by atoms with van der Waals surface area (Å²) in [4.78, 5) is 4.23. The van der Waals surface area contributed by atoms with Gasteiger partial charge in [-0.1, -0.05) is 41.9 Å². The van der Waals surface area contributed by atoms with Gasteiger partial charge in [-0.05, 0) is 29.3 Å². The second-order valence-corrected chi connectivity index (χ2v) is 5.76. The van der Waals surface area contributed by atoms with E-state index in [1.165, 1.54) is 0 Å². The van der Waals surface area contributed by atoms with Gasteiger partial charge in [0.15, 0.2) is 5.96 Å². The number of benzene rings is 2. The minimum absolute atomic E-state index is 0.548. The lowest BCUT2D eigenvalue weighted by atomic mass is 10.2. The number of hydrogen-bond acceptors (Lipinski definition) is 3. The third kappa shape index (κ3) is 6.64. The van der Waals surface area contributed by atoms with Gasteiger partial charge < -0.3 is 20.1 Å². The average Bonchev–Trinajstić information content (AvgIpc) is 2.64. The summed E-state index contributed by atoms with van der Waals surface area (Å²) in [6.45, 7) is 2.41. The molecule has 0 aliphatic heterocycles. The van der Waals surface area contributed by atoms with Crippen LogP contribution in [0.2, 0.25) is 5.02 Å². The van der Waals surface area contributed by atoms with E-state index < -0.39 is 0 Å². The van der Waals surface area contributed by atoms with Crippen molar-refractivity contribution in [3.05, 3.63) is 64.7 Å². The van der Waals surface area contributed by atoms with E-state index >= 15 is 0 Å². The monoisotopic (exact) mass is 361 g/mol. The molecule has 2 aromatic carbocycles. The minimum atomic E-state index is 0.548. The largest absolute Gasteiger partial charge is 0.491 e. The molecule has 6 heteroatoms. The van der Waals surface area contributed by atoms with Crippen LogP contribution in [0.3, 0.4) is 0 Å². The fraction of sp³-hybridized carbons (Fsp3) is 0.316. The highest BCUT2D eigenvalue weighted by Gasteiger charge is 2.02. The third-order valence-electron chi connectivity index (χ3n) is 3.57. The van der Waals surface area contributed by atoms with Gasteiger partial charge in [0, 0.05) is 32.3 Å². The van der Waals surface area contributed by atoms with Crippen molar-refractivity contribution in [1.29, 1.82) is 0 Å². The number of aliphatic imine (C=N–C) groups is 1. The second-order valence-electron chi connectivity index (χ2n) is 5.36. The van der Waals surface area contributed by atoms with Gasteiger partial charge in [-0.2, -0.15) is 0 Å². The SMILES string of the molecule is CN=C(NCc1ccc(OCCOC)cc1)NCc1ccccc1Cl. The van der Waals surface area contributed by atoms with Crippen molar-refractivity contribution in [2.75, 3.05) is 27.4 Å². The fourth-order valence-corrected chi connectivity index (χ4v) is 2.38. The Kier molecular flexibility index (Phi) is 8.09. The molecule has 0 saturated heterocycles. The summed E-state index contributed by atoms with van der Waals surface area (Å²) >= 11 is 6.16. The zero-order valence-corrected chi connectivity index (χ0v) is 15.3. The molecule has 25 heavy (non-hydrogen) atoms. The zero-order valence-electron chi connectivity index (χ0n) is 14.6. The highest BCUT2D eigenvalue weighted by Crippen LogP contribution is 2.14. The summed E-state index contributed by atoms with van der Waals surface area (Å²) in [5.41, 5.74) is 2.17. The van der Waals surface area contributed by atoms with E-state index in [0.717, 1.165) is 27.9 Å². The van der Waals surface area contributed by atoms with Crippen molar-refractivity contribution < 1.29 is 9.47 Å². The Morgan fingerprint density at radius 2 is 1.72 bits per heavy atom. The maximum Gasteiger partial charge on any atom is 0.191 e. The van der Waals surface area contributed by atoms with Crippen LogP contribution < -0.4 is 15.4 Å². The van der Waals surface area contributed by atoms with Crippen LogP contribution in [0.25, 0.3) is 0 Å². The third-order valence-corrected chi connectivity index (χ3v) is 3.94. The Balaban J connectivity index is 1.79. The molecule has 0 unspecified atom stereocenters. The van der Waals surface area contributed by atoms with Crippen molar-refractivity contribution >= 4 is 17.6 Å². The lowest BCUT2D eigenvalue weighted by Crippen LogP contribution is -2.36. The highest BCUT2D eigenvalue weighted by atomic mass is 35.5. The second kappa shape index (κ2) is 10.6. The Morgan fingerprint density at radius 3 is 2.40 bits per heavy atom. The normalized spacial score (nSPS) is 11.2. The van der Waals surface area contributed by atoms with E-state index in [2.05, 4.69) is 15.6 Å². The number of guanidine groups is 1. The zero-order chi connectivity index (χ0) is 17.9. The fourth-order valence-electron chi connectivity index (χ4n) is 2.17. The van der Waals surface area contributed by atoms with Gasteiger partial charge in [-0.25, -0.2) is 0 Å². The van der Waals surface area contributed by atoms with E-state index in [1.807, 2.05) is 48.5 Å². The Hall–Kier alpha value is -2.24. The van der Waals surface area contributed by atoms with Gasteiger partial charge in [-0.3, -0.25) is 4.99 Å². The van der Waals surface area contributed by atoms with E-state index in [0.29, 0.717) is 26.3 Å². The predicted octanol–water partition coefficient (Wildman–Crippen LogP) is 3.23. The van der Waals surface area contributed by atoms with Crippen molar-refractivity contribution in [2.45, 2.75) is 13.1 Å². The number of ether oxygens (including phenoxy) is 2. The van der Waals surface area contributed by atoms with Crippen molar-refractivity contribution in [1.82, 2.24) is 10.6 Å². The maximum atomic E-state index is 6.16. The van der Waals surface area contributed by atoms with Crippen LogP contribution >= 0.6 is 11.6 Å². The summed E-state index contributed by atoms with van der Waals surface area (Å²) < 4.78 is 10.5. The lowest BCUT2D eigenvalue weighted by molar-refractivity contribution is 0.146. The van der Waals surface area contributed by atoms with E-state index in [4.69, 9.17) is 21.1 Å². The summed E-state index contributed by atoms with van der Waals surface area (Å²) in [7, 11) is 3.40. The van der Waals surface area contributed by atoms with Crippen molar-refractivity contribution in [3.8, 4) is 5.75 Å². The molecule has 0 aliphatic rings. The molecule has 0 amide bonds. The predicted molar refractivity (Wildman–Crippen MR) is 102 cm³/mol. The molecule has 2 N–H and O–H groups in total. The number of nitrogens with one attached hydrogen (secondary N) is 2. The van der Waals surface area contributed by atoms with Crippen LogP contribution in [0, 0.1) is 0 Å². The molecule has 0 fully saturated rings. The molecule has 0 aromatic heterocycles. The summed E-state index contributed by atoms with van der Waals surface area (Å²) in [5.74, 6) is 1.56. The van der Waals surface area contributed by atoms with Gasteiger partial charge in [0.05, 0.1) is 6.61 Å². The van der Waals surface area contributed by atoms with Gasteiger partial charge in [0.1, 0.15) is 12.4 Å². The molecule has 0 saturated carbocycles. The molecule has 0 spiro atoms. The van der Waals surface area contributed by atoms with Crippen LogP contribution in [0.4, 0.5) is 0 Å². The Labute approximate surface area is 154 Å². The molecule has 0 aliphatic carbocycles. The Morgan fingerprint density at radius 1 is 1.00 bits per heavy atom. The molecule has 2 aromatic rings. The number of hydrogen-bond donors (Lipinski definition) is 2. The van der Waals surface area contributed by atoms with E-state index in [9.17, 15) is 0 Å². The standard InChI is InChI=1S/C19H24ClN3O2/c1-21-19(23-14-16-5-3-4-6-18(16)20)22-13-15-7-9-17(10-8-15)25-12-11-24-2/h3-10H,11-14H2,1-2H3,(H2,21,22,23). The maximum absolute atomic E-state index is 6.16. The Bertz CT molecular complexity index is 675. The summed E-state index contributed by atoms with van der Waals surface area (Å²) in [5, 5.41) is 7.29. The number of methoxy groups -OCH3 is 1. The quantitative estimate of drug-likeness (QED) is 0.430. The molecule has 0 bridgehead atoms. The molecule has 2 rings (SSSR count). The first-order chi connectivity index (χ1) is 12.2. The van der Waals surface area contributed by atoms with Crippen LogP contribution in [0.1, 0.15) is 11.1 Å². The lowest BCUT2D eigenvalue weighted by Gasteiger charge is -2.13. The summed E-state index contributed by atoms with van der Waals surface area (Å²) in [6, 6.07) is 15.7. The van der Waals surface area contributed by atoms with Crippen LogP contribution in [0.5, 0.6) is 5.75 Å². The van der Waals surface area contributed by atoms with Gasteiger partial charge >= 0.3 is 0 Å². The molecule has 5 nitrogen and oxygen atoms in total. The number of halogens is 1. The molecular formula is C19H24ClN3O2. The number of nitrogens with zero attached hydrogens (tertiary/aromatic N) is 1. The van der Waals surface area contributed by atoms with Crippen LogP contribution in [-0.2, 0) is 17.8 Å². The first-order valence-corrected chi connectivity index (χ1v) is 8.49. The smallest absolute Gasteiger partial charge is 0.191 e. The molecule has 0 heterocycles. The molecular weight excluding hydrogens is 338 g/mol. The minimum Gasteiger partial charge on any atom is -0.491 e. The molecule has 134 valence electrons. The van der Waals surface area contributed by atoms with Crippen molar-refractivity contribution in [2.24, 2.45) is 4.99 Å². The van der Waals surface area contributed by atoms with E-state index in [1.54, 1.807) is 14.2 Å².